The van der Waals surface area contributed by atoms with Crippen LogP contribution in [0.4, 0.5) is 0 Å². The van der Waals surface area contributed by atoms with Crippen molar-refractivity contribution in [3.05, 3.63) is 0 Å². The molecule has 0 bridgehead atoms. The van der Waals surface area contributed by atoms with Gasteiger partial charge >= 0.3 is 0 Å². The Morgan fingerprint density at radius 2 is 2.00 bits per heavy atom. The molecule has 0 radical (unpaired) electrons. The van der Waals surface area contributed by atoms with Gasteiger partial charge in [0, 0.05) is 25.7 Å². The number of rotatable bonds is 2. The van der Waals surface area contributed by atoms with Crippen LogP contribution in [0.5, 0.6) is 0 Å². The van der Waals surface area contributed by atoms with Gasteiger partial charge in [-0.05, 0) is 46.2 Å². The molecule has 0 spiro atoms. The summed E-state index contributed by atoms with van der Waals surface area (Å²) in [6.45, 7) is 2.55. The number of likely N-dealkylation sites (tertiary alicyclic amines) is 1. The maximum absolute atomic E-state index is 12.2. The van der Waals surface area contributed by atoms with Gasteiger partial charge in [-0.1, -0.05) is 0 Å². The SMILES string of the molecule is CN(C)C1CCCN(C(=O)C2CCCO2)CC1. The van der Waals surface area contributed by atoms with E-state index in [0.717, 1.165) is 45.4 Å². The summed E-state index contributed by atoms with van der Waals surface area (Å²) >= 11 is 0. The fourth-order valence-electron chi connectivity index (χ4n) is 2.79. The molecule has 2 heterocycles. The average Bonchev–Trinajstić information content (AvgIpc) is 2.71. The van der Waals surface area contributed by atoms with Gasteiger partial charge in [-0.15, -0.1) is 0 Å². The first-order valence-electron chi connectivity index (χ1n) is 6.75. The summed E-state index contributed by atoms with van der Waals surface area (Å²) in [6.07, 6.45) is 5.19. The van der Waals surface area contributed by atoms with Crippen LogP contribution < -0.4 is 0 Å². The lowest BCUT2D eigenvalue weighted by molar-refractivity contribution is -0.140. The zero-order valence-corrected chi connectivity index (χ0v) is 11.0. The first-order chi connectivity index (χ1) is 8.18. The Hall–Kier alpha value is -0.610. The Morgan fingerprint density at radius 3 is 2.65 bits per heavy atom. The summed E-state index contributed by atoms with van der Waals surface area (Å²) < 4.78 is 5.48. The van der Waals surface area contributed by atoms with Crippen LogP contribution in [0.25, 0.3) is 0 Å². The van der Waals surface area contributed by atoms with Gasteiger partial charge in [0.05, 0.1) is 0 Å². The second-order valence-electron chi connectivity index (χ2n) is 5.38. The molecule has 0 aliphatic carbocycles. The molecule has 4 heteroatoms. The minimum Gasteiger partial charge on any atom is -0.368 e. The largest absolute Gasteiger partial charge is 0.368 e. The molecule has 0 aromatic carbocycles. The van der Waals surface area contributed by atoms with Crippen molar-refractivity contribution in [3.63, 3.8) is 0 Å². The summed E-state index contributed by atoms with van der Waals surface area (Å²) in [5.74, 6) is 0.224. The standard InChI is InChI=1S/C13H24N2O2/c1-14(2)11-5-3-8-15(9-7-11)13(16)12-6-4-10-17-12/h11-12H,3-10H2,1-2H3. The molecule has 17 heavy (non-hydrogen) atoms. The fraction of sp³-hybridized carbons (Fsp3) is 0.923. The van der Waals surface area contributed by atoms with E-state index >= 15 is 0 Å². The molecule has 0 N–H and O–H groups in total. The molecule has 2 aliphatic heterocycles. The molecule has 2 fully saturated rings. The summed E-state index contributed by atoms with van der Waals surface area (Å²) in [5, 5.41) is 0. The van der Waals surface area contributed by atoms with Crippen molar-refractivity contribution >= 4 is 5.91 Å². The van der Waals surface area contributed by atoms with Crippen LogP contribution in [0.2, 0.25) is 0 Å². The van der Waals surface area contributed by atoms with Crippen molar-refractivity contribution in [1.82, 2.24) is 9.80 Å². The second-order valence-corrected chi connectivity index (χ2v) is 5.38. The summed E-state index contributed by atoms with van der Waals surface area (Å²) in [5.41, 5.74) is 0. The van der Waals surface area contributed by atoms with E-state index in [0.29, 0.717) is 6.04 Å². The van der Waals surface area contributed by atoms with Gasteiger partial charge in [0.25, 0.3) is 5.91 Å². The van der Waals surface area contributed by atoms with Gasteiger partial charge in [-0.2, -0.15) is 0 Å². The number of ether oxygens (including phenoxy) is 1. The lowest BCUT2D eigenvalue weighted by Gasteiger charge is -2.25. The van der Waals surface area contributed by atoms with Crippen molar-refractivity contribution < 1.29 is 9.53 Å². The third-order valence-electron chi connectivity index (χ3n) is 3.94. The Kier molecular flexibility index (Phi) is 4.40. The maximum Gasteiger partial charge on any atom is 0.251 e. The third kappa shape index (κ3) is 3.19. The number of amides is 1. The topological polar surface area (TPSA) is 32.8 Å². The van der Waals surface area contributed by atoms with Crippen LogP contribution in [0.15, 0.2) is 0 Å². The third-order valence-corrected chi connectivity index (χ3v) is 3.94. The lowest BCUT2D eigenvalue weighted by atomic mass is 10.1. The molecular weight excluding hydrogens is 216 g/mol. The van der Waals surface area contributed by atoms with Crippen LogP contribution in [0.1, 0.15) is 32.1 Å². The van der Waals surface area contributed by atoms with Crippen molar-refractivity contribution in [2.24, 2.45) is 0 Å². The van der Waals surface area contributed by atoms with Crippen molar-refractivity contribution in [2.75, 3.05) is 33.8 Å². The smallest absolute Gasteiger partial charge is 0.251 e. The van der Waals surface area contributed by atoms with E-state index in [-0.39, 0.29) is 12.0 Å². The van der Waals surface area contributed by atoms with E-state index < -0.39 is 0 Å². The van der Waals surface area contributed by atoms with Gasteiger partial charge in [-0.25, -0.2) is 0 Å². The quantitative estimate of drug-likeness (QED) is 0.725. The molecule has 0 aromatic heterocycles. The van der Waals surface area contributed by atoms with Gasteiger partial charge in [0.1, 0.15) is 6.10 Å². The highest BCUT2D eigenvalue weighted by Crippen LogP contribution is 2.19. The summed E-state index contributed by atoms with van der Waals surface area (Å²) in [6, 6.07) is 0.622. The van der Waals surface area contributed by atoms with Gasteiger partial charge in [-0.3, -0.25) is 4.79 Å². The highest BCUT2D eigenvalue weighted by Gasteiger charge is 2.29. The Morgan fingerprint density at radius 1 is 1.18 bits per heavy atom. The minimum absolute atomic E-state index is 0.147. The first-order valence-corrected chi connectivity index (χ1v) is 6.75. The van der Waals surface area contributed by atoms with Crippen LogP contribution in [0.3, 0.4) is 0 Å². The molecule has 2 saturated heterocycles. The first kappa shape index (κ1) is 12.8. The van der Waals surface area contributed by atoms with E-state index in [1.165, 1.54) is 6.42 Å². The van der Waals surface area contributed by atoms with Crippen LogP contribution in [-0.4, -0.2) is 61.6 Å². The molecule has 2 aliphatic rings. The number of nitrogens with zero attached hydrogens (tertiary/aromatic N) is 2. The van der Waals surface area contributed by atoms with Crippen molar-refractivity contribution in [3.8, 4) is 0 Å². The van der Waals surface area contributed by atoms with Gasteiger partial charge in [0.15, 0.2) is 0 Å². The lowest BCUT2D eigenvalue weighted by Crippen LogP contribution is -2.40. The normalized spacial score (nSPS) is 30.6. The molecule has 2 rings (SSSR count). The molecule has 0 aromatic rings. The Labute approximate surface area is 104 Å². The number of carbonyl (C=O) groups is 1. The zero-order chi connectivity index (χ0) is 12.3. The van der Waals surface area contributed by atoms with Crippen LogP contribution in [-0.2, 0) is 9.53 Å². The Balaban J connectivity index is 1.87. The molecule has 0 saturated carbocycles. The van der Waals surface area contributed by atoms with E-state index in [9.17, 15) is 4.79 Å². The molecule has 2 unspecified atom stereocenters. The molecule has 1 amide bonds. The van der Waals surface area contributed by atoms with E-state index in [1.807, 2.05) is 4.90 Å². The summed E-state index contributed by atoms with van der Waals surface area (Å²) in [4.78, 5) is 16.5. The van der Waals surface area contributed by atoms with E-state index in [4.69, 9.17) is 4.74 Å². The summed E-state index contributed by atoms with van der Waals surface area (Å²) in [7, 11) is 4.25. The maximum atomic E-state index is 12.2. The fourth-order valence-corrected chi connectivity index (χ4v) is 2.79. The zero-order valence-electron chi connectivity index (χ0n) is 11.0. The highest BCUT2D eigenvalue weighted by molar-refractivity contribution is 5.81. The molecule has 98 valence electrons. The van der Waals surface area contributed by atoms with E-state index in [2.05, 4.69) is 19.0 Å². The van der Waals surface area contributed by atoms with Crippen LogP contribution in [0, 0.1) is 0 Å². The molecular formula is C13H24N2O2. The predicted octanol–water partition coefficient (Wildman–Crippen LogP) is 1.11. The number of hydrogen-bond donors (Lipinski definition) is 0. The minimum atomic E-state index is -0.147. The highest BCUT2D eigenvalue weighted by atomic mass is 16.5. The van der Waals surface area contributed by atoms with E-state index in [1.54, 1.807) is 0 Å². The number of carbonyl (C=O) groups excluding carboxylic acids is 1. The average molecular weight is 240 g/mol. The second kappa shape index (κ2) is 5.83. The van der Waals surface area contributed by atoms with Crippen molar-refractivity contribution in [1.29, 1.82) is 0 Å². The Bertz CT molecular complexity index is 262. The molecule has 2 atom stereocenters. The molecule has 4 nitrogen and oxygen atoms in total. The van der Waals surface area contributed by atoms with Gasteiger partial charge in [0.2, 0.25) is 0 Å². The van der Waals surface area contributed by atoms with Gasteiger partial charge < -0.3 is 14.5 Å². The van der Waals surface area contributed by atoms with Crippen LogP contribution >= 0.6 is 0 Å². The monoisotopic (exact) mass is 240 g/mol. The predicted molar refractivity (Wildman–Crippen MR) is 66.9 cm³/mol. The van der Waals surface area contributed by atoms with Crippen molar-refractivity contribution in [2.45, 2.75) is 44.2 Å². The number of hydrogen-bond acceptors (Lipinski definition) is 3.